The van der Waals surface area contributed by atoms with E-state index in [4.69, 9.17) is 0 Å². The molecule has 1 aromatic carbocycles. The largest absolute Gasteiger partial charge is 0.507 e. The quantitative estimate of drug-likeness (QED) is 0.673. The fourth-order valence-electron chi connectivity index (χ4n) is 5.61. The van der Waals surface area contributed by atoms with Crippen molar-refractivity contribution < 1.29 is 5.11 Å². The van der Waals surface area contributed by atoms with Gasteiger partial charge in [0.25, 0.3) is 0 Å². The van der Waals surface area contributed by atoms with E-state index in [9.17, 15) is 5.11 Å². The van der Waals surface area contributed by atoms with Gasteiger partial charge >= 0.3 is 0 Å². The zero-order valence-electron chi connectivity index (χ0n) is 12.2. The zero-order valence-corrected chi connectivity index (χ0v) is 13.7. The minimum absolute atomic E-state index is 0.406. The van der Waals surface area contributed by atoms with Crippen molar-refractivity contribution in [1.82, 2.24) is 0 Å². The molecule has 0 aromatic heterocycles. The summed E-state index contributed by atoms with van der Waals surface area (Å²) in [4.78, 5) is 0. The van der Waals surface area contributed by atoms with Gasteiger partial charge < -0.3 is 5.11 Å². The summed E-state index contributed by atoms with van der Waals surface area (Å²) in [6, 6.07) is 4.08. The SMILES string of the molecule is C[C@@]12CCC[C@H]1[C@@H]1CCc3c(ccc(O)c3Br)[C@H]1CC2. The average molecular weight is 335 g/mol. The molecule has 2 fully saturated rings. The molecule has 0 spiro atoms. The topological polar surface area (TPSA) is 20.2 Å². The van der Waals surface area contributed by atoms with E-state index in [-0.39, 0.29) is 0 Å². The van der Waals surface area contributed by atoms with E-state index in [2.05, 4.69) is 28.9 Å². The lowest BCUT2D eigenvalue weighted by Gasteiger charge is -2.49. The molecular weight excluding hydrogens is 312 g/mol. The molecule has 0 amide bonds. The Balaban J connectivity index is 1.75. The second-order valence-corrected chi connectivity index (χ2v) is 8.26. The molecule has 2 saturated carbocycles. The third-order valence-electron chi connectivity index (χ3n) is 6.60. The summed E-state index contributed by atoms with van der Waals surface area (Å²) in [7, 11) is 0. The molecular formula is C18H23BrO. The monoisotopic (exact) mass is 334 g/mol. The highest BCUT2D eigenvalue weighted by molar-refractivity contribution is 9.10. The van der Waals surface area contributed by atoms with Gasteiger partial charge in [-0.25, -0.2) is 0 Å². The summed E-state index contributed by atoms with van der Waals surface area (Å²) in [6.07, 6.45) is 9.55. The Labute approximate surface area is 129 Å². The highest BCUT2D eigenvalue weighted by Gasteiger charge is 2.50. The molecule has 0 saturated heterocycles. The molecule has 3 aliphatic carbocycles. The van der Waals surface area contributed by atoms with Gasteiger partial charge in [0.1, 0.15) is 5.75 Å². The Kier molecular flexibility index (Phi) is 2.96. The van der Waals surface area contributed by atoms with Crippen molar-refractivity contribution in [2.45, 2.75) is 57.8 Å². The number of hydrogen-bond donors (Lipinski definition) is 1. The van der Waals surface area contributed by atoms with E-state index in [1.807, 2.05) is 6.07 Å². The van der Waals surface area contributed by atoms with Crippen LogP contribution in [0.2, 0.25) is 0 Å². The number of halogens is 1. The second kappa shape index (κ2) is 4.50. The molecule has 0 radical (unpaired) electrons. The van der Waals surface area contributed by atoms with Gasteiger partial charge in [-0.1, -0.05) is 19.4 Å². The third-order valence-corrected chi connectivity index (χ3v) is 7.49. The molecule has 4 rings (SSSR count). The van der Waals surface area contributed by atoms with Crippen LogP contribution in [-0.4, -0.2) is 5.11 Å². The molecule has 1 aromatic rings. The van der Waals surface area contributed by atoms with E-state index >= 15 is 0 Å². The van der Waals surface area contributed by atoms with E-state index in [1.54, 1.807) is 0 Å². The average Bonchev–Trinajstić information content (AvgIpc) is 2.84. The van der Waals surface area contributed by atoms with Crippen LogP contribution < -0.4 is 0 Å². The third kappa shape index (κ3) is 1.73. The number of hydrogen-bond acceptors (Lipinski definition) is 1. The van der Waals surface area contributed by atoms with Crippen molar-refractivity contribution in [3.63, 3.8) is 0 Å². The van der Waals surface area contributed by atoms with Crippen molar-refractivity contribution in [2.75, 3.05) is 0 Å². The fourth-order valence-corrected chi connectivity index (χ4v) is 6.16. The van der Waals surface area contributed by atoms with Crippen LogP contribution in [0.15, 0.2) is 16.6 Å². The first-order chi connectivity index (χ1) is 9.60. The molecule has 1 N–H and O–H groups in total. The Morgan fingerprint density at radius 2 is 2.05 bits per heavy atom. The zero-order chi connectivity index (χ0) is 13.9. The lowest BCUT2D eigenvalue weighted by molar-refractivity contribution is 0.0597. The molecule has 108 valence electrons. The highest BCUT2D eigenvalue weighted by Crippen LogP contribution is 2.61. The number of rotatable bonds is 0. The van der Waals surface area contributed by atoms with Crippen LogP contribution in [0.5, 0.6) is 5.75 Å². The molecule has 1 nitrogen and oxygen atoms in total. The molecule has 4 atom stereocenters. The lowest BCUT2D eigenvalue weighted by Crippen LogP contribution is -2.39. The number of aromatic hydroxyl groups is 1. The standard InChI is InChI=1S/C18H23BrO/c1-18-9-2-3-15(18)13-4-5-14-11(12(13)8-10-18)6-7-16(20)17(14)19/h6-7,12-13,15,20H,2-5,8-10H2,1H3/t12-,13-,15+,18+/m1/s1. The van der Waals surface area contributed by atoms with Crippen LogP contribution in [-0.2, 0) is 6.42 Å². The maximum absolute atomic E-state index is 9.92. The molecule has 0 heterocycles. The van der Waals surface area contributed by atoms with Crippen molar-refractivity contribution in [2.24, 2.45) is 17.3 Å². The van der Waals surface area contributed by atoms with Crippen molar-refractivity contribution in [3.8, 4) is 5.75 Å². The Morgan fingerprint density at radius 3 is 2.90 bits per heavy atom. The second-order valence-electron chi connectivity index (χ2n) is 7.47. The van der Waals surface area contributed by atoms with Crippen LogP contribution in [0.4, 0.5) is 0 Å². The molecule has 0 bridgehead atoms. The summed E-state index contributed by atoms with van der Waals surface area (Å²) in [5.74, 6) is 2.98. The molecule has 2 heteroatoms. The van der Waals surface area contributed by atoms with Gasteiger partial charge in [0.2, 0.25) is 0 Å². The number of benzene rings is 1. The number of phenolic OH excluding ortho intramolecular Hbond substituents is 1. The predicted octanol–water partition coefficient (Wildman–Crippen LogP) is 5.40. The van der Waals surface area contributed by atoms with Crippen molar-refractivity contribution in [1.29, 1.82) is 0 Å². The Bertz CT molecular complexity index is 553. The van der Waals surface area contributed by atoms with Gasteiger partial charge in [-0.15, -0.1) is 0 Å². The minimum atomic E-state index is 0.406. The maximum atomic E-state index is 9.92. The van der Waals surface area contributed by atoms with Gasteiger partial charge in [0.15, 0.2) is 0 Å². The molecule has 0 aliphatic heterocycles. The summed E-state index contributed by atoms with van der Waals surface area (Å²) in [5, 5.41) is 9.92. The van der Waals surface area contributed by atoms with Gasteiger partial charge in [0.05, 0.1) is 4.47 Å². The summed E-state index contributed by atoms with van der Waals surface area (Å²) in [5.41, 5.74) is 3.54. The normalized spacial score (nSPS) is 39.0. The Morgan fingerprint density at radius 1 is 1.20 bits per heavy atom. The molecule has 0 unspecified atom stereocenters. The van der Waals surface area contributed by atoms with Crippen LogP contribution in [0.25, 0.3) is 0 Å². The lowest BCUT2D eigenvalue weighted by atomic mass is 9.56. The van der Waals surface area contributed by atoms with Crippen LogP contribution >= 0.6 is 15.9 Å². The van der Waals surface area contributed by atoms with E-state index in [0.29, 0.717) is 11.2 Å². The van der Waals surface area contributed by atoms with Crippen molar-refractivity contribution >= 4 is 15.9 Å². The first-order valence-electron chi connectivity index (χ1n) is 8.10. The summed E-state index contributed by atoms with van der Waals surface area (Å²) < 4.78 is 0.952. The van der Waals surface area contributed by atoms with Crippen LogP contribution in [0.1, 0.15) is 62.5 Å². The first kappa shape index (κ1) is 13.2. The van der Waals surface area contributed by atoms with Gasteiger partial charge in [-0.3, -0.25) is 0 Å². The predicted molar refractivity (Wildman–Crippen MR) is 85.0 cm³/mol. The first-order valence-corrected chi connectivity index (χ1v) is 8.90. The van der Waals surface area contributed by atoms with Crippen LogP contribution in [0, 0.1) is 17.3 Å². The summed E-state index contributed by atoms with van der Waals surface area (Å²) >= 11 is 3.60. The fraction of sp³-hybridized carbons (Fsp3) is 0.667. The van der Waals surface area contributed by atoms with Crippen molar-refractivity contribution in [3.05, 3.63) is 27.7 Å². The van der Waals surface area contributed by atoms with Gasteiger partial charge in [-0.05, 0) is 94.8 Å². The Hall–Kier alpha value is -0.500. The number of phenols is 1. The van der Waals surface area contributed by atoms with E-state index in [0.717, 1.165) is 28.6 Å². The van der Waals surface area contributed by atoms with Gasteiger partial charge in [0, 0.05) is 0 Å². The molecule has 3 aliphatic rings. The van der Waals surface area contributed by atoms with Crippen LogP contribution in [0.3, 0.4) is 0 Å². The minimum Gasteiger partial charge on any atom is -0.507 e. The van der Waals surface area contributed by atoms with E-state index in [1.165, 1.54) is 49.7 Å². The maximum Gasteiger partial charge on any atom is 0.130 e. The van der Waals surface area contributed by atoms with Gasteiger partial charge in [-0.2, -0.15) is 0 Å². The van der Waals surface area contributed by atoms with E-state index < -0.39 is 0 Å². The smallest absolute Gasteiger partial charge is 0.130 e. The summed E-state index contributed by atoms with van der Waals surface area (Å²) in [6.45, 7) is 2.54. The highest BCUT2D eigenvalue weighted by atomic mass is 79.9. The molecule has 20 heavy (non-hydrogen) atoms. The number of fused-ring (bicyclic) bond motifs is 5.